The molecule has 6 nitrogen and oxygen atoms in total. The van der Waals surface area contributed by atoms with Crippen molar-refractivity contribution in [3.63, 3.8) is 0 Å². The fourth-order valence-electron chi connectivity index (χ4n) is 7.41. The van der Waals surface area contributed by atoms with Gasteiger partial charge in [0, 0.05) is 78.5 Å². The zero-order valence-electron chi connectivity index (χ0n) is 25.9. The van der Waals surface area contributed by atoms with Crippen LogP contribution < -0.4 is 0 Å². The summed E-state index contributed by atoms with van der Waals surface area (Å²) in [5, 5.41) is 0. The molecule has 6 aliphatic rings. The first kappa shape index (κ1) is 35.7. The normalized spacial score (nSPS) is 27.3. The van der Waals surface area contributed by atoms with E-state index < -0.39 is 0 Å². The Morgan fingerprint density at radius 1 is 0.268 bits per heavy atom. The van der Waals surface area contributed by atoms with Gasteiger partial charge in [-0.15, -0.1) is 0 Å². The van der Waals surface area contributed by atoms with Crippen molar-refractivity contribution >= 4 is 35.8 Å². The third-order valence-electron chi connectivity index (χ3n) is 9.51. The van der Waals surface area contributed by atoms with Crippen LogP contribution in [0.15, 0.2) is 0 Å². The number of nitrogens with zero attached hydrogens (tertiary/aromatic N) is 6. The molecule has 0 bridgehead atoms. The van der Waals surface area contributed by atoms with E-state index in [9.17, 15) is 0 Å². The number of piperidine rings is 6. The predicted octanol–water partition coefficient (Wildman–Crippen LogP) is 8.72. The number of hydrogen-bond donors (Lipinski definition) is 0. The zero-order valence-corrected chi connectivity index (χ0v) is 30.7. The second-order valence-electron chi connectivity index (χ2n) is 12.7. The molecule has 0 amide bonds. The van der Waals surface area contributed by atoms with Crippen molar-refractivity contribution in [2.45, 2.75) is 116 Å². The Labute approximate surface area is 272 Å². The molecule has 0 atom stereocenters. The molecule has 41 heavy (non-hydrogen) atoms. The minimum absolute atomic E-state index is 0.106. The quantitative estimate of drug-likeness (QED) is 0.199. The summed E-state index contributed by atoms with van der Waals surface area (Å²) in [6.45, 7) is 16.3. The van der Waals surface area contributed by atoms with Gasteiger partial charge >= 0.3 is 35.0 Å². The van der Waals surface area contributed by atoms with Crippen LogP contribution in [0, 0.1) is 0 Å². The first-order chi connectivity index (χ1) is 20.3. The molecule has 6 aliphatic heterocycles. The second-order valence-corrected chi connectivity index (χ2v) is 19.5. The van der Waals surface area contributed by atoms with E-state index in [1.54, 1.807) is 0 Å². The molecular formula is C30H60Cl2N6P2Pd. The Hall–Kier alpha value is 1.86. The molecule has 244 valence electrons. The Kier molecular flexibility index (Phi) is 18.8. The Balaban J connectivity index is 0.000000173. The summed E-state index contributed by atoms with van der Waals surface area (Å²) in [5.41, 5.74) is 0. The molecule has 0 aromatic heterocycles. The van der Waals surface area contributed by atoms with Crippen LogP contribution in [0.2, 0.25) is 0 Å². The van der Waals surface area contributed by atoms with Gasteiger partial charge in [0.15, 0.2) is 0 Å². The van der Waals surface area contributed by atoms with Crippen molar-refractivity contribution < 1.29 is 15.9 Å². The summed E-state index contributed by atoms with van der Waals surface area (Å²) in [4.78, 5) is 0. The first-order valence-corrected chi connectivity index (χ1v) is 23.6. The van der Waals surface area contributed by atoms with Gasteiger partial charge in [-0.3, -0.25) is 28.0 Å². The Morgan fingerprint density at radius 3 is 0.512 bits per heavy atom. The van der Waals surface area contributed by atoms with E-state index in [4.69, 9.17) is 19.1 Å². The van der Waals surface area contributed by atoms with Gasteiger partial charge in [0.05, 0.1) is 0 Å². The predicted molar refractivity (Wildman–Crippen MR) is 178 cm³/mol. The van der Waals surface area contributed by atoms with E-state index >= 15 is 0 Å². The van der Waals surface area contributed by atoms with Gasteiger partial charge in [-0.25, -0.2) is 0 Å². The second kappa shape index (κ2) is 21.6. The minimum atomic E-state index is -0.115. The molecule has 11 heteroatoms. The first-order valence-electron chi connectivity index (χ1n) is 17.2. The molecule has 6 saturated heterocycles. The van der Waals surface area contributed by atoms with Crippen LogP contribution >= 0.6 is 35.8 Å². The molecule has 6 rings (SSSR count). The number of hydrogen-bond acceptors (Lipinski definition) is 6. The standard InChI is InChI=1S/2C15H30N3P.2ClH.Pd/c2*1-4-10-16(11-5-1)19(17-12-6-2-7-13-17)18-14-8-3-9-15-18;;;/h2*1-15H2;2*1H;/q;;;;+2/p-2. The molecule has 0 aromatic rings. The summed E-state index contributed by atoms with van der Waals surface area (Å²) in [6.07, 6.45) is 25.9. The molecule has 0 unspecified atom stereocenters. The molecule has 0 spiro atoms. The van der Waals surface area contributed by atoms with Gasteiger partial charge in [0.25, 0.3) is 0 Å². The van der Waals surface area contributed by atoms with Crippen LogP contribution in [0.5, 0.6) is 0 Å². The maximum atomic E-state index is 4.81. The molecule has 6 fully saturated rings. The van der Waals surface area contributed by atoms with E-state index in [-0.39, 0.29) is 32.7 Å². The monoisotopic (exact) mass is 742 g/mol. The van der Waals surface area contributed by atoms with Gasteiger partial charge in [-0.2, -0.15) is 0 Å². The molecule has 0 saturated carbocycles. The molecular weight excluding hydrogens is 684 g/mol. The van der Waals surface area contributed by atoms with Gasteiger partial charge < -0.3 is 0 Å². The van der Waals surface area contributed by atoms with Crippen molar-refractivity contribution in [2.75, 3.05) is 78.5 Å². The van der Waals surface area contributed by atoms with Crippen molar-refractivity contribution in [3.05, 3.63) is 0 Å². The molecule has 6 heterocycles. The summed E-state index contributed by atoms with van der Waals surface area (Å²) in [6, 6.07) is 0. The van der Waals surface area contributed by atoms with Crippen molar-refractivity contribution in [3.8, 4) is 0 Å². The molecule has 0 aromatic carbocycles. The van der Waals surface area contributed by atoms with E-state index in [0.717, 1.165) is 0 Å². The average molecular weight is 744 g/mol. The van der Waals surface area contributed by atoms with E-state index in [0.29, 0.717) is 0 Å². The fraction of sp³-hybridized carbons (Fsp3) is 1.00. The fourth-order valence-corrected chi connectivity index (χ4v) is 13.4. The van der Waals surface area contributed by atoms with Crippen molar-refractivity contribution in [1.29, 1.82) is 0 Å². The van der Waals surface area contributed by atoms with Crippen molar-refractivity contribution in [1.82, 2.24) is 28.0 Å². The summed E-state index contributed by atoms with van der Waals surface area (Å²) >= 11 is -0.106. The van der Waals surface area contributed by atoms with Crippen LogP contribution in [0.4, 0.5) is 0 Å². The molecule has 0 radical (unpaired) electrons. The third-order valence-corrected chi connectivity index (χ3v) is 14.9. The maximum absolute atomic E-state index is 4.81. The van der Waals surface area contributed by atoms with Gasteiger partial charge in [0.1, 0.15) is 16.7 Å². The SMILES string of the molecule is C1CCN(P(N2CCCCC2)N2CCCCC2)CC1.C1CCN(P(N2CCCCC2)N2CCCCC2)CC1.[Cl][Pd][Cl]. The van der Waals surface area contributed by atoms with Crippen LogP contribution in [0.1, 0.15) is 116 Å². The van der Waals surface area contributed by atoms with Crippen molar-refractivity contribution in [2.24, 2.45) is 0 Å². The van der Waals surface area contributed by atoms with Crippen LogP contribution in [0.3, 0.4) is 0 Å². The zero-order chi connectivity index (χ0) is 28.5. The summed E-state index contributed by atoms with van der Waals surface area (Å²) in [5.74, 6) is 0. The van der Waals surface area contributed by atoms with E-state index in [1.807, 2.05) is 0 Å². The van der Waals surface area contributed by atoms with Crippen LogP contribution in [-0.2, 0) is 15.9 Å². The average Bonchev–Trinajstić information content (AvgIpc) is 3.05. The molecule has 0 N–H and O–H groups in total. The number of halogens is 2. The Bertz CT molecular complexity index is 513. The third kappa shape index (κ3) is 12.2. The van der Waals surface area contributed by atoms with Gasteiger partial charge in [-0.1, -0.05) is 38.5 Å². The van der Waals surface area contributed by atoms with Gasteiger partial charge in [-0.05, 0) is 77.0 Å². The number of rotatable bonds is 6. The molecule has 0 aliphatic carbocycles. The Morgan fingerprint density at radius 2 is 0.390 bits per heavy atom. The van der Waals surface area contributed by atoms with E-state index in [1.165, 1.54) is 194 Å². The summed E-state index contributed by atoms with van der Waals surface area (Å²) < 4.78 is 17.1. The van der Waals surface area contributed by atoms with Gasteiger partial charge in [0.2, 0.25) is 0 Å². The van der Waals surface area contributed by atoms with Crippen LogP contribution in [0.25, 0.3) is 0 Å². The van der Waals surface area contributed by atoms with Crippen LogP contribution in [-0.4, -0.2) is 107 Å². The summed E-state index contributed by atoms with van der Waals surface area (Å²) in [7, 11) is 9.40. The topological polar surface area (TPSA) is 19.4 Å². The van der Waals surface area contributed by atoms with E-state index in [2.05, 4.69) is 28.0 Å².